The SMILES string of the molecule is O=C(Nc1nncs1)C1=CNC=NC12CCOC2. The molecule has 1 amide bonds. The zero-order chi connectivity index (χ0) is 12.4. The van der Waals surface area contributed by atoms with E-state index in [1.807, 2.05) is 0 Å². The van der Waals surface area contributed by atoms with E-state index in [1.54, 1.807) is 18.0 Å². The summed E-state index contributed by atoms with van der Waals surface area (Å²) in [5.41, 5.74) is 1.58. The van der Waals surface area contributed by atoms with Gasteiger partial charge in [0.2, 0.25) is 5.13 Å². The normalized spacial score (nSPS) is 25.9. The van der Waals surface area contributed by atoms with Gasteiger partial charge < -0.3 is 10.1 Å². The minimum atomic E-state index is -0.556. The number of nitrogens with one attached hydrogen (secondary N) is 2. The lowest BCUT2D eigenvalue weighted by atomic mass is 9.88. The van der Waals surface area contributed by atoms with Gasteiger partial charge in [0, 0.05) is 19.2 Å². The number of carbonyl (C=O) groups excluding carboxylic acids is 1. The van der Waals surface area contributed by atoms with Gasteiger partial charge in [-0.15, -0.1) is 10.2 Å². The smallest absolute Gasteiger partial charge is 0.257 e. The lowest BCUT2D eigenvalue weighted by molar-refractivity contribution is -0.113. The Morgan fingerprint density at radius 3 is 3.28 bits per heavy atom. The average Bonchev–Trinajstić information content (AvgIpc) is 3.02. The van der Waals surface area contributed by atoms with Crippen LogP contribution in [0.2, 0.25) is 0 Å². The highest BCUT2D eigenvalue weighted by Gasteiger charge is 2.42. The van der Waals surface area contributed by atoms with Gasteiger partial charge >= 0.3 is 0 Å². The molecule has 1 fully saturated rings. The van der Waals surface area contributed by atoms with Gasteiger partial charge in [0.25, 0.3) is 5.91 Å². The van der Waals surface area contributed by atoms with Gasteiger partial charge in [0.1, 0.15) is 11.0 Å². The molecule has 1 unspecified atom stereocenters. The minimum Gasteiger partial charge on any atom is -0.378 e. The largest absolute Gasteiger partial charge is 0.378 e. The van der Waals surface area contributed by atoms with Crippen molar-refractivity contribution < 1.29 is 9.53 Å². The molecule has 0 aliphatic carbocycles. The quantitative estimate of drug-likeness (QED) is 0.794. The standard InChI is InChI=1S/C10H11N5O2S/c16-8(14-9-15-13-6-18-9)7-3-11-5-12-10(7)1-2-17-4-10/h3,5-6H,1-2,4H2,(H,11,12)(H,14,15,16). The first-order chi connectivity index (χ1) is 8.80. The molecule has 18 heavy (non-hydrogen) atoms. The van der Waals surface area contributed by atoms with Gasteiger partial charge in [-0.25, -0.2) is 0 Å². The Bertz CT molecular complexity index is 504. The Balaban J connectivity index is 1.81. The molecule has 1 spiro atoms. The maximum absolute atomic E-state index is 12.2. The van der Waals surface area contributed by atoms with Crippen LogP contribution in [-0.2, 0) is 9.53 Å². The lowest BCUT2D eigenvalue weighted by Gasteiger charge is -2.27. The van der Waals surface area contributed by atoms with E-state index in [9.17, 15) is 4.79 Å². The molecular formula is C10H11N5O2S. The van der Waals surface area contributed by atoms with Crippen molar-refractivity contribution in [3.63, 3.8) is 0 Å². The molecule has 2 aliphatic heterocycles. The van der Waals surface area contributed by atoms with Gasteiger partial charge in [-0.3, -0.25) is 15.1 Å². The second kappa shape index (κ2) is 4.46. The van der Waals surface area contributed by atoms with Gasteiger partial charge in [0.15, 0.2) is 0 Å². The first-order valence-corrected chi connectivity index (χ1v) is 6.34. The fraction of sp³-hybridized carbons (Fsp3) is 0.400. The molecule has 2 aliphatic rings. The Labute approximate surface area is 107 Å². The van der Waals surface area contributed by atoms with Gasteiger partial charge in [0.05, 0.1) is 18.5 Å². The molecular weight excluding hydrogens is 254 g/mol. The van der Waals surface area contributed by atoms with Crippen molar-refractivity contribution in [3.8, 4) is 0 Å². The number of aliphatic imine (C=N–C) groups is 1. The predicted octanol–water partition coefficient (Wildman–Crippen LogP) is 0.151. The molecule has 1 aromatic heterocycles. The summed E-state index contributed by atoms with van der Waals surface area (Å²) in [6.45, 7) is 1.04. The van der Waals surface area contributed by atoms with E-state index < -0.39 is 5.54 Å². The summed E-state index contributed by atoms with van der Waals surface area (Å²) in [6, 6.07) is 0. The van der Waals surface area contributed by atoms with Crippen LogP contribution in [0, 0.1) is 0 Å². The second-order valence-corrected chi connectivity index (χ2v) is 4.85. The molecule has 0 saturated carbocycles. The van der Waals surface area contributed by atoms with Gasteiger partial charge in [-0.1, -0.05) is 11.3 Å². The van der Waals surface area contributed by atoms with Gasteiger partial charge in [-0.05, 0) is 0 Å². The van der Waals surface area contributed by atoms with Crippen molar-refractivity contribution in [1.82, 2.24) is 15.5 Å². The lowest BCUT2D eigenvalue weighted by Crippen LogP contribution is -2.40. The van der Waals surface area contributed by atoms with E-state index in [4.69, 9.17) is 4.74 Å². The zero-order valence-corrected chi connectivity index (χ0v) is 10.2. The number of aromatic nitrogens is 2. The molecule has 1 saturated heterocycles. The van der Waals surface area contributed by atoms with E-state index in [1.165, 1.54) is 11.3 Å². The Morgan fingerprint density at radius 1 is 1.61 bits per heavy atom. The van der Waals surface area contributed by atoms with Crippen molar-refractivity contribution in [1.29, 1.82) is 0 Å². The zero-order valence-electron chi connectivity index (χ0n) is 9.42. The summed E-state index contributed by atoms with van der Waals surface area (Å²) in [5, 5.41) is 13.5. The van der Waals surface area contributed by atoms with Crippen molar-refractivity contribution in [2.45, 2.75) is 12.0 Å². The topological polar surface area (TPSA) is 88.5 Å². The van der Waals surface area contributed by atoms with E-state index in [0.29, 0.717) is 30.3 Å². The highest BCUT2D eigenvalue weighted by Crippen LogP contribution is 2.32. The molecule has 0 radical (unpaired) electrons. The van der Waals surface area contributed by atoms with E-state index in [0.717, 1.165) is 0 Å². The Kier molecular flexibility index (Phi) is 2.80. The van der Waals surface area contributed by atoms with Crippen molar-refractivity contribution in [2.75, 3.05) is 18.5 Å². The fourth-order valence-electron chi connectivity index (χ4n) is 2.02. The van der Waals surface area contributed by atoms with Crippen molar-refractivity contribution in [2.24, 2.45) is 4.99 Å². The molecule has 8 heteroatoms. The van der Waals surface area contributed by atoms with Crippen LogP contribution in [-0.4, -0.2) is 41.2 Å². The summed E-state index contributed by atoms with van der Waals surface area (Å²) in [5.74, 6) is -0.221. The summed E-state index contributed by atoms with van der Waals surface area (Å²) in [4.78, 5) is 16.6. The predicted molar refractivity (Wildman–Crippen MR) is 66.4 cm³/mol. The van der Waals surface area contributed by atoms with Crippen LogP contribution in [0.1, 0.15) is 6.42 Å². The number of amides is 1. The molecule has 7 nitrogen and oxygen atoms in total. The molecule has 3 rings (SSSR count). The molecule has 1 aromatic rings. The van der Waals surface area contributed by atoms with Crippen molar-refractivity contribution >= 4 is 28.7 Å². The summed E-state index contributed by atoms with van der Waals surface area (Å²) in [7, 11) is 0. The summed E-state index contributed by atoms with van der Waals surface area (Å²) in [6.07, 6.45) is 3.97. The van der Waals surface area contributed by atoms with Crippen LogP contribution in [0.4, 0.5) is 5.13 Å². The number of rotatable bonds is 2. The van der Waals surface area contributed by atoms with Crippen LogP contribution in [0.5, 0.6) is 0 Å². The molecule has 2 N–H and O–H groups in total. The molecule has 3 heterocycles. The number of anilines is 1. The Morgan fingerprint density at radius 2 is 2.56 bits per heavy atom. The monoisotopic (exact) mass is 265 g/mol. The number of hydrogen-bond acceptors (Lipinski definition) is 7. The van der Waals surface area contributed by atoms with Crippen molar-refractivity contribution in [3.05, 3.63) is 17.3 Å². The molecule has 0 bridgehead atoms. The highest BCUT2D eigenvalue weighted by atomic mass is 32.1. The average molecular weight is 265 g/mol. The first kappa shape index (κ1) is 11.3. The fourth-order valence-corrected chi connectivity index (χ4v) is 2.46. The van der Waals surface area contributed by atoms with Gasteiger partial charge in [-0.2, -0.15) is 0 Å². The summed E-state index contributed by atoms with van der Waals surface area (Å²) < 4.78 is 5.37. The highest BCUT2D eigenvalue weighted by molar-refractivity contribution is 7.13. The number of carbonyl (C=O) groups is 1. The maximum atomic E-state index is 12.2. The van der Waals surface area contributed by atoms with Crippen LogP contribution < -0.4 is 10.6 Å². The Hall–Kier alpha value is -1.80. The maximum Gasteiger partial charge on any atom is 0.257 e. The number of ether oxygens (including phenoxy) is 1. The second-order valence-electron chi connectivity index (χ2n) is 4.02. The molecule has 1 atom stereocenters. The number of nitrogens with zero attached hydrogens (tertiary/aromatic N) is 3. The first-order valence-electron chi connectivity index (χ1n) is 5.46. The third-order valence-electron chi connectivity index (χ3n) is 2.94. The van der Waals surface area contributed by atoms with Crippen LogP contribution in [0.25, 0.3) is 0 Å². The molecule has 0 aromatic carbocycles. The number of hydrogen-bond donors (Lipinski definition) is 2. The third-order valence-corrected chi connectivity index (χ3v) is 3.55. The minimum absolute atomic E-state index is 0.221. The van der Waals surface area contributed by atoms with E-state index in [-0.39, 0.29) is 5.91 Å². The third kappa shape index (κ3) is 1.89. The van der Waals surface area contributed by atoms with Crippen LogP contribution in [0.3, 0.4) is 0 Å². The van der Waals surface area contributed by atoms with Crippen LogP contribution >= 0.6 is 11.3 Å². The van der Waals surface area contributed by atoms with E-state index in [2.05, 4.69) is 25.8 Å². The summed E-state index contributed by atoms with van der Waals surface area (Å²) >= 11 is 1.27. The van der Waals surface area contributed by atoms with Crippen LogP contribution in [0.15, 0.2) is 22.3 Å². The molecule has 94 valence electrons. The van der Waals surface area contributed by atoms with E-state index >= 15 is 0 Å².